The number of halogens is 8. The second-order valence-electron chi connectivity index (χ2n) is 35.4. The number of amides is 3. The second kappa shape index (κ2) is 37.2. The molecule has 10 aromatic heterocycles. The van der Waals surface area contributed by atoms with E-state index in [0.717, 1.165) is 14.7 Å². The van der Waals surface area contributed by atoms with Gasteiger partial charge in [-0.2, -0.15) is 15.0 Å². The van der Waals surface area contributed by atoms with Crippen molar-refractivity contribution in [1.82, 2.24) is 91.9 Å². The maximum atomic E-state index is 16.3. The molecule has 3 fully saturated rings. The first-order chi connectivity index (χ1) is 64.3. The van der Waals surface area contributed by atoms with Crippen LogP contribution in [0.4, 0.5) is 39.4 Å². The minimum Gasteiger partial charge on any atom is -0.349 e. The highest BCUT2D eigenvalue weighted by atomic mass is 35.5. The van der Waals surface area contributed by atoms with Crippen LogP contribution < -0.4 is 31.8 Å². The average molecular weight is 1890 g/mol. The van der Waals surface area contributed by atoms with Crippen LogP contribution in [0.15, 0.2) is 174 Å². The summed E-state index contributed by atoms with van der Waals surface area (Å²) < 4.78 is 86.8. The number of pyridine rings is 4. The molecular formula is C99H98Cl3F5N22O6. The molecule has 0 saturated carbocycles. The van der Waals surface area contributed by atoms with Gasteiger partial charge in [-0.25, -0.2) is 84.9 Å². The Balaban J connectivity index is 0.000000147. The molecule has 0 N–H and O–H groups in total. The van der Waals surface area contributed by atoms with Gasteiger partial charge in [0.05, 0.1) is 112 Å². The molecule has 0 aliphatic carbocycles. The number of piperazine rings is 3. The third kappa shape index (κ3) is 16.8. The van der Waals surface area contributed by atoms with E-state index in [1.54, 1.807) is 130 Å². The third-order valence-corrected chi connectivity index (χ3v) is 26.2. The number of fused-ring (bicyclic) bond motifs is 6. The first-order valence-corrected chi connectivity index (χ1v) is 45.2. The van der Waals surface area contributed by atoms with Gasteiger partial charge in [0.2, 0.25) is 17.7 Å². The normalized spacial score (nSPS) is 17.1. The quantitative estimate of drug-likeness (QED) is 0.0681. The predicted octanol–water partition coefficient (Wildman–Crippen LogP) is 17.6. The van der Waals surface area contributed by atoms with Crippen LogP contribution in [-0.2, 0) is 35.5 Å². The third-order valence-electron chi connectivity index (χ3n) is 25.3. The number of hydrogen-bond acceptors (Lipinski definition) is 19. The molecule has 3 saturated heterocycles. The number of anilines is 3. The summed E-state index contributed by atoms with van der Waals surface area (Å²) in [5.41, 5.74) is 5.63. The van der Waals surface area contributed by atoms with Crippen molar-refractivity contribution in [3.8, 4) is 50.8 Å². The molecule has 0 spiro atoms. The van der Waals surface area contributed by atoms with Crippen molar-refractivity contribution in [2.45, 2.75) is 144 Å². The molecule has 0 unspecified atom stereocenters. The Kier molecular flexibility index (Phi) is 25.9. The highest BCUT2D eigenvalue weighted by Gasteiger charge is 2.40. The first kappa shape index (κ1) is 94.3. The van der Waals surface area contributed by atoms with E-state index in [0.29, 0.717) is 117 Å². The number of carbonyl (C=O) groups is 3. The molecule has 0 radical (unpaired) electrons. The maximum Gasteiger partial charge on any atom is 0.355 e. The van der Waals surface area contributed by atoms with Crippen molar-refractivity contribution >= 4 is 136 Å². The Morgan fingerprint density at radius 3 is 0.970 bits per heavy atom. The van der Waals surface area contributed by atoms with E-state index in [1.165, 1.54) is 53.1 Å². The van der Waals surface area contributed by atoms with E-state index < -0.39 is 46.2 Å². The Morgan fingerprint density at radius 2 is 0.667 bits per heavy atom. The standard InChI is InChI=1S/2C33H32ClF2N7O2.C33H34ClFN8O2/c2*1-7-26(44)41-14-19(5)42(15-18(41)4)31-21-12-22(34)28(20-10-8-9-11-23(20)35)38-32(21)43(33(45)39-31)30-24(36)13-25-29(27(30)17(2)3)37-16-40(25)6;1-8-25(44)41-14-19(5)42(15-18(41)4)30-22-13-23(34)27(21-11-9-10-12-24(21)35)38-31(22)43(33(45)39-30)29-20(6)37-32-28(26(29)17(2)3)36-16-40(32)7/h2*7-13,16-19H,1,14-15H2,2-6H3;8-13,16-19H,1,14-15H2,2-7H3/t3*18-,19+/m111/s1. The van der Waals surface area contributed by atoms with Gasteiger partial charge in [-0.1, -0.05) is 132 Å². The molecule has 18 rings (SSSR count). The monoisotopic (exact) mass is 1890 g/mol. The van der Waals surface area contributed by atoms with E-state index in [1.807, 2.05) is 116 Å². The van der Waals surface area contributed by atoms with Crippen LogP contribution in [0.1, 0.15) is 123 Å². The minimum atomic E-state index is -0.771. The number of hydrogen-bond donors (Lipinski definition) is 0. The summed E-state index contributed by atoms with van der Waals surface area (Å²) in [6.45, 7) is 38.1. The summed E-state index contributed by atoms with van der Waals surface area (Å²) in [7, 11) is 5.41. The number of aryl methyl sites for hydroxylation is 4. The number of aromatic nitrogens is 16. The molecule has 28 nitrogen and oxygen atoms in total. The van der Waals surface area contributed by atoms with Crippen molar-refractivity contribution in [2.24, 2.45) is 21.1 Å². The van der Waals surface area contributed by atoms with E-state index in [4.69, 9.17) is 54.7 Å². The van der Waals surface area contributed by atoms with E-state index in [2.05, 4.69) is 49.6 Å². The molecule has 5 aromatic carbocycles. The number of rotatable bonds is 15. The zero-order chi connectivity index (χ0) is 97.0. The largest absolute Gasteiger partial charge is 0.355 e. The van der Waals surface area contributed by atoms with Gasteiger partial charge in [0, 0.05) is 142 Å². The van der Waals surface area contributed by atoms with Crippen molar-refractivity contribution in [1.29, 1.82) is 0 Å². The van der Waals surface area contributed by atoms with Crippen molar-refractivity contribution in [3.63, 3.8) is 0 Å². The van der Waals surface area contributed by atoms with E-state index in [9.17, 15) is 28.8 Å². The second-order valence-corrected chi connectivity index (χ2v) is 36.7. The molecule has 696 valence electrons. The zero-order valence-electron chi connectivity index (χ0n) is 77.2. The zero-order valence-corrected chi connectivity index (χ0v) is 79.4. The average Bonchev–Trinajstić information content (AvgIpc) is 1.27. The summed E-state index contributed by atoms with van der Waals surface area (Å²) in [5, 5.41) is 1.73. The van der Waals surface area contributed by atoms with Gasteiger partial charge in [-0.15, -0.1) is 0 Å². The Morgan fingerprint density at radius 1 is 0.378 bits per heavy atom. The lowest BCUT2D eigenvalue weighted by Gasteiger charge is -2.44. The Labute approximate surface area is 788 Å². The fourth-order valence-electron chi connectivity index (χ4n) is 18.8. The topological polar surface area (TPSA) is 280 Å². The van der Waals surface area contributed by atoms with Crippen molar-refractivity contribution < 1.29 is 36.3 Å². The van der Waals surface area contributed by atoms with Crippen LogP contribution in [0.5, 0.6) is 0 Å². The molecule has 13 heterocycles. The van der Waals surface area contributed by atoms with Gasteiger partial charge in [0.1, 0.15) is 52.1 Å². The lowest BCUT2D eigenvalue weighted by atomic mass is 9.98. The fourth-order valence-corrected chi connectivity index (χ4v) is 19.5. The summed E-state index contributed by atoms with van der Waals surface area (Å²) in [5.74, 6) is -3.02. The van der Waals surface area contributed by atoms with Crippen molar-refractivity contribution in [3.05, 3.63) is 258 Å². The summed E-state index contributed by atoms with van der Waals surface area (Å²) in [6, 6.07) is 24.5. The molecule has 3 aliphatic rings. The van der Waals surface area contributed by atoms with E-state index >= 15 is 22.0 Å². The molecule has 135 heavy (non-hydrogen) atoms. The SMILES string of the molecule is C=CC(=O)N1C[C@H](C)N(c2nc(=O)n(-c3c(C)nc4c(ncn4C)c3C(C)C)c3nc(-c4ccccc4F)c(Cl)cc23)C[C@H]1C.C=CC(=O)N1C[C@H](C)N(c2nc(=O)n(-c3c(F)cc4c(ncn4C)c3C(C)C)c3nc(-c4ccccc4F)c(Cl)cc23)C[C@H]1C.C=CC(=O)N1C[C@H](C)N(c2nc(=O)n(-c3c(F)cc4c(ncn4C)c3C(C)C)c3nc(-c4ccccc4F)c(Cl)cc23)C[C@H]1C. The first-order valence-electron chi connectivity index (χ1n) is 44.1. The van der Waals surface area contributed by atoms with Gasteiger partial charge in [-0.3, -0.25) is 14.4 Å². The van der Waals surface area contributed by atoms with Gasteiger partial charge in [-0.05, 0) is 139 Å². The fraction of sp³-hybridized carbons (Fsp3) is 0.313. The number of benzene rings is 5. The van der Waals surface area contributed by atoms with Crippen LogP contribution in [0.3, 0.4) is 0 Å². The van der Waals surface area contributed by atoms with Gasteiger partial charge in [0.15, 0.2) is 22.6 Å². The molecular weight excluding hydrogens is 1790 g/mol. The molecule has 0 bridgehead atoms. The molecule has 6 atom stereocenters. The molecule has 3 aliphatic heterocycles. The van der Waals surface area contributed by atoms with Crippen LogP contribution in [0.2, 0.25) is 15.1 Å². The lowest BCUT2D eigenvalue weighted by Crippen LogP contribution is -2.58. The maximum absolute atomic E-state index is 16.3. The van der Waals surface area contributed by atoms with Gasteiger partial charge >= 0.3 is 17.1 Å². The summed E-state index contributed by atoms with van der Waals surface area (Å²) in [4.78, 5) is 138. The summed E-state index contributed by atoms with van der Waals surface area (Å²) >= 11 is 20.4. The number of nitrogens with zero attached hydrogens (tertiary/aromatic N) is 22. The molecule has 15 aromatic rings. The van der Waals surface area contributed by atoms with Crippen LogP contribution in [0.25, 0.3) is 117 Å². The van der Waals surface area contributed by atoms with Crippen LogP contribution in [0, 0.1) is 36.0 Å². The Hall–Kier alpha value is -13.9. The molecule has 36 heteroatoms. The van der Waals surface area contributed by atoms with Crippen LogP contribution in [-0.4, -0.2) is 185 Å². The number of imidazole rings is 3. The Bertz CT molecular complexity index is 6920. The van der Waals surface area contributed by atoms with Crippen LogP contribution >= 0.6 is 34.8 Å². The highest BCUT2D eigenvalue weighted by molar-refractivity contribution is 6.35. The highest BCUT2D eigenvalue weighted by Crippen LogP contribution is 2.45. The van der Waals surface area contributed by atoms with Gasteiger partial charge in [0.25, 0.3) is 0 Å². The molecule has 3 amide bonds. The van der Waals surface area contributed by atoms with Crippen molar-refractivity contribution in [2.75, 3.05) is 54.0 Å². The smallest absolute Gasteiger partial charge is 0.349 e. The predicted molar refractivity (Wildman–Crippen MR) is 519 cm³/mol. The minimum absolute atomic E-state index is 0.0256. The number of carbonyl (C=O) groups excluding carboxylic acids is 3. The van der Waals surface area contributed by atoms with Gasteiger partial charge < -0.3 is 43.1 Å². The lowest BCUT2D eigenvalue weighted by molar-refractivity contribution is -0.129. The summed E-state index contributed by atoms with van der Waals surface area (Å²) in [6.07, 6.45) is 8.75. The van der Waals surface area contributed by atoms with E-state index in [-0.39, 0.29) is 161 Å².